The Kier molecular flexibility index (Phi) is 3.41. The SMILES string of the molecule is CC(C)C1(O)CN(C(=O)[C@@H](N)c2ccccc2)C1. The number of nitrogens with zero attached hydrogens (tertiary/aromatic N) is 1. The van der Waals surface area contributed by atoms with Crippen LogP contribution in [0.2, 0.25) is 0 Å². The number of hydrogen-bond acceptors (Lipinski definition) is 3. The van der Waals surface area contributed by atoms with Crippen LogP contribution in [-0.4, -0.2) is 34.6 Å². The summed E-state index contributed by atoms with van der Waals surface area (Å²) in [6.07, 6.45) is 0. The van der Waals surface area contributed by atoms with Gasteiger partial charge < -0.3 is 15.7 Å². The number of amides is 1. The molecule has 18 heavy (non-hydrogen) atoms. The first kappa shape index (κ1) is 13.1. The van der Waals surface area contributed by atoms with E-state index in [1.165, 1.54) is 0 Å². The third-order valence-corrected chi connectivity index (χ3v) is 3.74. The van der Waals surface area contributed by atoms with Crippen molar-refractivity contribution in [3.63, 3.8) is 0 Å². The number of likely N-dealkylation sites (tertiary alicyclic amines) is 1. The van der Waals surface area contributed by atoms with E-state index in [2.05, 4.69) is 0 Å². The van der Waals surface area contributed by atoms with Crippen LogP contribution in [0.1, 0.15) is 25.5 Å². The molecule has 1 aromatic carbocycles. The number of aliphatic hydroxyl groups is 1. The van der Waals surface area contributed by atoms with Gasteiger partial charge in [-0.05, 0) is 11.5 Å². The molecule has 98 valence electrons. The van der Waals surface area contributed by atoms with Gasteiger partial charge in [0, 0.05) is 0 Å². The van der Waals surface area contributed by atoms with E-state index in [1.54, 1.807) is 4.90 Å². The van der Waals surface area contributed by atoms with Crippen molar-refractivity contribution in [1.82, 2.24) is 4.90 Å². The number of β-amino-alcohol motifs (C(OH)–C–C–N with tert-alkyl or cyclic N) is 1. The molecule has 0 unspecified atom stereocenters. The number of benzene rings is 1. The highest BCUT2D eigenvalue weighted by Gasteiger charge is 2.46. The molecule has 2 rings (SSSR count). The first-order valence-electron chi connectivity index (χ1n) is 6.26. The maximum atomic E-state index is 12.1. The van der Waals surface area contributed by atoms with Crippen LogP contribution in [0.5, 0.6) is 0 Å². The third kappa shape index (κ3) is 2.26. The number of carbonyl (C=O) groups excluding carboxylic acids is 1. The minimum Gasteiger partial charge on any atom is -0.386 e. The van der Waals surface area contributed by atoms with E-state index in [4.69, 9.17) is 5.73 Å². The van der Waals surface area contributed by atoms with E-state index in [0.717, 1.165) is 5.56 Å². The summed E-state index contributed by atoms with van der Waals surface area (Å²) in [7, 11) is 0. The third-order valence-electron chi connectivity index (χ3n) is 3.74. The molecule has 0 aliphatic carbocycles. The average Bonchev–Trinajstić information content (AvgIpc) is 2.34. The lowest BCUT2D eigenvalue weighted by Crippen LogP contribution is -2.67. The van der Waals surface area contributed by atoms with Crippen molar-refractivity contribution in [2.75, 3.05) is 13.1 Å². The maximum absolute atomic E-state index is 12.1. The minimum atomic E-state index is -0.744. The fourth-order valence-electron chi connectivity index (χ4n) is 2.14. The van der Waals surface area contributed by atoms with Crippen molar-refractivity contribution in [3.8, 4) is 0 Å². The molecule has 4 heteroatoms. The molecule has 1 aliphatic heterocycles. The lowest BCUT2D eigenvalue weighted by molar-refractivity contribution is -0.165. The molecule has 0 bridgehead atoms. The van der Waals surface area contributed by atoms with Gasteiger partial charge in [-0.3, -0.25) is 4.79 Å². The van der Waals surface area contributed by atoms with Crippen molar-refractivity contribution in [2.24, 2.45) is 11.7 Å². The van der Waals surface area contributed by atoms with E-state index < -0.39 is 11.6 Å². The Hall–Kier alpha value is -1.39. The molecule has 1 aromatic rings. The summed E-state index contributed by atoms with van der Waals surface area (Å²) >= 11 is 0. The molecule has 0 aromatic heterocycles. The lowest BCUT2D eigenvalue weighted by Gasteiger charge is -2.49. The van der Waals surface area contributed by atoms with Crippen LogP contribution in [0.25, 0.3) is 0 Å². The summed E-state index contributed by atoms with van der Waals surface area (Å²) < 4.78 is 0. The Bertz CT molecular complexity index is 425. The highest BCUT2D eigenvalue weighted by molar-refractivity contribution is 5.84. The number of hydrogen-bond donors (Lipinski definition) is 2. The molecule has 4 nitrogen and oxygen atoms in total. The molecule has 1 heterocycles. The van der Waals surface area contributed by atoms with E-state index in [9.17, 15) is 9.90 Å². The van der Waals surface area contributed by atoms with E-state index in [0.29, 0.717) is 13.1 Å². The maximum Gasteiger partial charge on any atom is 0.244 e. The van der Waals surface area contributed by atoms with Gasteiger partial charge >= 0.3 is 0 Å². The summed E-state index contributed by atoms with van der Waals surface area (Å²) in [6, 6.07) is 8.67. The molecule has 3 N–H and O–H groups in total. The van der Waals surface area contributed by atoms with Crippen LogP contribution in [-0.2, 0) is 4.79 Å². The monoisotopic (exact) mass is 248 g/mol. The van der Waals surface area contributed by atoms with Crippen molar-refractivity contribution in [2.45, 2.75) is 25.5 Å². The molecule has 0 saturated carbocycles. The summed E-state index contributed by atoms with van der Waals surface area (Å²) in [4.78, 5) is 13.7. The minimum absolute atomic E-state index is 0.119. The fourth-order valence-corrected chi connectivity index (χ4v) is 2.14. The highest BCUT2D eigenvalue weighted by Crippen LogP contribution is 2.30. The molecule has 1 fully saturated rings. The number of nitrogens with two attached hydrogens (primary N) is 1. The van der Waals surface area contributed by atoms with Gasteiger partial charge in [-0.25, -0.2) is 0 Å². The average molecular weight is 248 g/mol. The van der Waals surface area contributed by atoms with Crippen LogP contribution in [0, 0.1) is 5.92 Å². The summed E-state index contributed by atoms with van der Waals surface area (Å²) in [5.74, 6) is 0.0287. The van der Waals surface area contributed by atoms with E-state index in [1.807, 2.05) is 44.2 Å². The lowest BCUT2D eigenvalue weighted by atomic mass is 9.82. The van der Waals surface area contributed by atoms with Gasteiger partial charge in [-0.2, -0.15) is 0 Å². The second-order valence-electron chi connectivity index (χ2n) is 5.34. The summed E-state index contributed by atoms with van der Waals surface area (Å²) in [5.41, 5.74) is 6.00. The smallest absolute Gasteiger partial charge is 0.244 e. The van der Waals surface area contributed by atoms with E-state index in [-0.39, 0.29) is 11.8 Å². The van der Waals surface area contributed by atoms with Crippen molar-refractivity contribution < 1.29 is 9.90 Å². The normalized spacial score (nSPS) is 19.5. The summed E-state index contributed by atoms with van der Waals surface area (Å²) in [5, 5.41) is 10.1. The fraction of sp³-hybridized carbons (Fsp3) is 0.500. The first-order chi connectivity index (χ1) is 8.44. The number of rotatable bonds is 3. The molecule has 1 saturated heterocycles. The van der Waals surface area contributed by atoms with E-state index >= 15 is 0 Å². The Labute approximate surface area is 107 Å². The Balaban J connectivity index is 1.99. The summed E-state index contributed by atoms with van der Waals surface area (Å²) in [6.45, 7) is 4.67. The zero-order valence-electron chi connectivity index (χ0n) is 10.8. The van der Waals surface area contributed by atoms with Crippen molar-refractivity contribution in [3.05, 3.63) is 35.9 Å². The standard InChI is InChI=1S/C14H20N2O2/c1-10(2)14(18)8-16(9-14)13(17)12(15)11-6-4-3-5-7-11/h3-7,10,12,18H,8-9,15H2,1-2H3/t12-/m0/s1. The van der Waals surface area contributed by atoms with Gasteiger partial charge in [0.25, 0.3) is 0 Å². The Morgan fingerprint density at radius 3 is 2.39 bits per heavy atom. The van der Waals surface area contributed by atoms with Gasteiger partial charge in [-0.1, -0.05) is 44.2 Å². The quantitative estimate of drug-likeness (QED) is 0.835. The molecule has 0 radical (unpaired) electrons. The predicted molar refractivity (Wildman–Crippen MR) is 69.7 cm³/mol. The zero-order chi connectivity index (χ0) is 13.3. The highest BCUT2D eigenvalue weighted by atomic mass is 16.3. The second kappa shape index (κ2) is 4.71. The second-order valence-corrected chi connectivity index (χ2v) is 5.34. The molecular formula is C14H20N2O2. The van der Waals surface area contributed by atoms with Gasteiger partial charge in [0.15, 0.2) is 0 Å². The van der Waals surface area contributed by atoms with Crippen LogP contribution in [0.15, 0.2) is 30.3 Å². The van der Waals surface area contributed by atoms with Crippen molar-refractivity contribution in [1.29, 1.82) is 0 Å². The Morgan fingerprint density at radius 2 is 1.89 bits per heavy atom. The van der Waals surface area contributed by atoms with Gasteiger partial charge in [0.2, 0.25) is 5.91 Å². The van der Waals surface area contributed by atoms with Gasteiger partial charge in [-0.15, -0.1) is 0 Å². The molecule has 0 spiro atoms. The molecule has 1 atom stereocenters. The van der Waals surface area contributed by atoms with Crippen molar-refractivity contribution >= 4 is 5.91 Å². The zero-order valence-corrected chi connectivity index (χ0v) is 10.8. The number of carbonyl (C=O) groups is 1. The van der Waals surface area contributed by atoms with Gasteiger partial charge in [0.1, 0.15) is 11.6 Å². The van der Waals surface area contributed by atoms with Crippen LogP contribution >= 0.6 is 0 Å². The molecular weight excluding hydrogens is 228 g/mol. The Morgan fingerprint density at radius 1 is 1.33 bits per heavy atom. The van der Waals surface area contributed by atoms with Crippen LogP contribution in [0.3, 0.4) is 0 Å². The predicted octanol–water partition coefficient (Wildman–Crippen LogP) is 0.916. The largest absolute Gasteiger partial charge is 0.386 e. The van der Waals surface area contributed by atoms with Crippen LogP contribution < -0.4 is 5.73 Å². The first-order valence-corrected chi connectivity index (χ1v) is 6.26. The molecule has 1 aliphatic rings. The molecule has 1 amide bonds. The van der Waals surface area contributed by atoms with Gasteiger partial charge in [0.05, 0.1) is 13.1 Å². The van der Waals surface area contributed by atoms with Crippen LogP contribution in [0.4, 0.5) is 0 Å². The topological polar surface area (TPSA) is 66.6 Å².